The standard InChI is InChI=1S/C16H22N4/c1-3-20(4-2)15-11-13-18-16(19-15)17-12-10-14-8-6-5-7-9-14/h5-9,11,13H,3-4,10,12H2,1-2H3,(H,17,18,19). The summed E-state index contributed by atoms with van der Waals surface area (Å²) in [4.78, 5) is 11.0. The zero-order valence-electron chi connectivity index (χ0n) is 12.2. The van der Waals surface area contributed by atoms with Crippen molar-refractivity contribution in [2.75, 3.05) is 29.9 Å². The highest BCUT2D eigenvalue weighted by atomic mass is 15.2. The second kappa shape index (κ2) is 7.48. The molecule has 0 saturated carbocycles. The number of nitrogens with zero attached hydrogens (tertiary/aromatic N) is 3. The maximum atomic E-state index is 4.55. The molecule has 0 radical (unpaired) electrons. The SMILES string of the molecule is CCN(CC)c1ccnc(NCCc2ccccc2)n1. The van der Waals surface area contributed by atoms with Gasteiger partial charge < -0.3 is 10.2 Å². The molecule has 0 aliphatic rings. The Hall–Kier alpha value is -2.10. The summed E-state index contributed by atoms with van der Waals surface area (Å²) >= 11 is 0. The van der Waals surface area contributed by atoms with Crippen LogP contribution in [0.5, 0.6) is 0 Å². The molecule has 2 rings (SSSR count). The van der Waals surface area contributed by atoms with E-state index in [9.17, 15) is 0 Å². The van der Waals surface area contributed by atoms with Crippen LogP contribution in [-0.2, 0) is 6.42 Å². The molecule has 1 aromatic carbocycles. The lowest BCUT2D eigenvalue weighted by Crippen LogP contribution is -2.23. The Bertz CT molecular complexity index is 509. The van der Waals surface area contributed by atoms with Crippen molar-refractivity contribution in [2.24, 2.45) is 0 Å². The van der Waals surface area contributed by atoms with Crippen molar-refractivity contribution in [3.8, 4) is 0 Å². The van der Waals surface area contributed by atoms with E-state index in [2.05, 4.69) is 58.3 Å². The molecule has 0 bridgehead atoms. The van der Waals surface area contributed by atoms with Gasteiger partial charge in [0.2, 0.25) is 5.95 Å². The van der Waals surface area contributed by atoms with Crippen LogP contribution in [0.2, 0.25) is 0 Å². The second-order valence-corrected chi connectivity index (χ2v) is 4.57. The van der Waals surface area contributed by atoms with Crippen molar-refractivity contribution in [2.45, 2.75) is 20.3 Å². The van der Waals surface area contributed by atoms with E-state index in [1.807, 2.05) is 18.3 Å². The van der Waals surface area contributed by atoms with Crippen LogP contribution in [0.15, 0.2) is 42.6 Å². The fourth-order valence-electron chi connectivity index (χ4n) is 2.12. The van der Waals surface area contributed by atoms with Gasteiger partial charge in [0.15, 0.2) is 0 Å². The smallest absolute Gasteiger partial charge is 0.224 e. The van der Waals surface area contributed by atoms with Crippen molar-refractivity contribution in [1.29, 1.82) is 0 Å². The molecule has 1 heterocycles. The Morgan fingerprint density at radius 2 is 1.80 bits per heavy atom. The van der Waals surface area contributed by atoms with E-state index in [1.54, 1.807) is 0 Å². The third-order valence-electron chi connectivity index (χ3n) is 3.27. The minimum Gasteiger partial charge on any atom is -0.357 e. The normalized spacial score (nSPS) is 10.3. The van der Waals surface area contributed by atoms with E-state index < -0.39 is 0 Å². The summed E-state index contributed by atoms with van der Waals surface area (Å²) in [7, 11) is 0. The molecule has 0 unspecified atom stereocenters. The van der Waals surface area contributed by atoms with Crippen molar-refractivity contribution < 1.29 is 0 Å². The second-order valence-electron chi connectivity index (χ2n) is 4.57. The summed E-state index contributed by atoms with van der Waals surface area (Å²) in [5, 5.41) is 3.29. The molecule has 0 fully saturated rings. The fraction of sp³-hybridized carbons (Fsp3) is 0.375. The van der Waals surface area contributed by atoms with Crippen molar-refractivity contribution in [3.05, 3.63) is 48.2 Å². The van der Waals surface area contributed by atoms with Crippen molar-refractivity contribution >= 4 is 11.8 Å². The first-order chi connectivity index (χ1) is 9.83. The molecular weight excluding hydrogens is 248 g/mol. The van der Waals surface area contributed by atoms with Crippen LogP contribution < -0.4 is 10.2 Å². The summed E-state index contributed by atoms with van der Waals surface area (Å²) in [6.07, 6.45) is 2.78. The van der Waals surface area contributed by atoms with Crippen LogP contribution in [0.3, 0.4) is 0 Å². The van der Waals surface area contributed by atoms with Gasteiger partial charge in [-0.15, -0.1) is 0 Å². The van der Waals surface area contributed by atoms with Crippen LogP contribution in [-0.4, -0.2) is 29.6 Å². The number of hydrogen-bond donors (Lipinski definition) is 1. The van der Waals surface area contributed by atoms with Gasteiger partial charge in [0.05, 0.1) is 0 Å². The lowest BCUT2D eigenvalue weighted by molar-refractivity contribution is 0.840. The third kappa shape index (κ3) is 3.95. The molecule has 4 heteroatoms. The first kappa shape index (κ1) is 14.3. The largest absolute Gasteiger partial charge is 0.357 e. The summed E-state index contributed by atoms with van der Waals surface area (Å²) in [6, 6.07) is 12.4. The molecule has 0 saturated heterocycles. The van der Waals surface area contributed by atoms with Crippen LogP contribution >= 0.6 is 0 Å². The van der Waals surface area contributed by atoms with Gasteiger partial charge in [-0.25, -0.2) is 4.98 Å². The van der Waals surface area contributed by atoms with Crippen LogP contribution in [0.1, 0.15) is 19.4 Å². The Labute approximate surface area is 120 Å². The molecule has 2 aromatic rings. The van der Waals surface area contributed by atoms with Crippen LogP contribution in [0.4, 0.5) is 11.8 Å². The van der Waals surface area contributed by atoms with Gasteiger partial charge in [-0.05, 0) is 31.9 Å². The number of rotatable bonds is 7. The molecule has 0 aliphatic heterocycles. The third-order valence-corrected chi connectivity index (χ3v) is 3.27. The highest BCUT2D eigenvalue weighted by Crippen LogP contribution is 2.11. The summed E-state index contributed by atoms with van der Waals surface area (Å²) in [5.41, 5.74) is 1.32. The summed E-state index contributed by atoms with van der Waals surface area (Å²) in [5.74, 6) is 1.68. The van der Waals surface area contributed by atoms with Crippen molar-refractivity contribution in [3.63, 3.8) is 0 Å². The predicted molar refractivity (Wildman–Crippen MR) is 84.2 cm³/mol. The molecule has 0 atom stereocenters. The lowest BCUT2D eigenvalue weighted by atomic mass is 10.1. The monoisotopic (exact) mass is 270 g/mol. The number of benzene rings is 1. The van der Waals surface area contributed by atoms with E-state index in [0.717, 1.165) is 31.9 Å². The van der Waals surface area contributed by atoms with E-state index in [0.29, 0.717) is 5.95 Å². The number of aromatic nitrogens is 2. The highest BCUT2D eigenvalue weighted by molar-refractivity contribution is 5.42. The Kier molecular flexibility index (Phi) is 5.35. The van der Waals surface area contributed by atoms with Gasteiger partial charge in [0, 0.05) is 25.8 Å². The number of anilines is 2. The highest BCUT2D eigenvalue weighted by Gasteiger charge is 2.04. The van der Waals surface area contributed by atoms with E-state index in [4.69, 9.17) is 0 Å². The Morgan fingerprint density at radius 3 is 2.50 bits per heavy atom. The zero-order valence-corrected chi connectivity index (χ0v) is 12.2. The fourth-order valence-corrected chi connectivity index (χ4v) is 2.12. The van der Waals surface area contributed by atoms with Gasteiger partial charge in [-0.3, -0.25) is 0 Å². The van der Waals surface area contributed by atoms with E-state index in [1.165, 1.54) is 5.56 Å². The first-order valence-corrected chi connectivity index (χ1v) is 7.19. The Balaban J connectivity index is 1.91. The van der Waals surface area contributed by atoms with E-state index in [-0.39, 0.29) is 0 Å². The molecule has 1 aromatic heterocycles. The minimum absolute atomic E-state index is 0.699. The van der Waals surface area contributed by atoms with Crippen molar-refractivity contribution in [1.82, 2.24) is 9.97 Å². The quantitative estimate of drug-likeness (QED) is 0.840. The van der Waals surface area contributed by atoms with Gasteiger partial charge in [0.1, 0.15) is 5.82 Å². The van der Waals surface area contributed by atoms with Gasteiger partial charge >= 0.3 is 0 Å². The lowest BCUT2D eigenvalue weighted by Gasteiger charge is -2.19. The molecule has 4 nitrogen and oxygen atoms in total. The van der Waals surface area contributed by atoms with Gasteiger partial charge in [0.25, 0.3) is 0 Å². The molecule has 0 spiro atoms. The van der Waals surface area contributed by atoms with Gasteiger partial charge in [-0.2, -0.15) is 4.98 Å². The summed E-state index contributed by atoms with van der Waals surface area (Å²) in [6.45, 7) is 7.02. The first-order valence-electron chi connectivity index (χ1n) is 7.19. The maximum Gasteiger partial charge on any atom is 0.224 e. The number of nitrogens with one attached hydrogen (secondary N) is 1. The molecule has 0 aliphatic carbocycles. The average Bonchev–Trinajstić information content (AvgIpc) is 2.50. The predicted octanol–water partition coefficient (Wildman–Crippen LogP) is 2.98. The number of hydrogen-bond acceptors (Lipinski definition) is 4. The molecule has 1 N–H and O–H groups in total. The molecule has 20 heavy (non-hydrogen) atoms. The van der Waals surface area contributed by atoms with Gasteiger partial charge in [-0.1, -0.05) is 30.3 Å². The average molecular weight is 270 g/mol. The summed E-state index contributed by atoms with van der Waals surface area (Å²) < 4.78 is 0. The topological polar surface area (TPSA) is 41.1 Å². The molecule has 106 valence electrons. The Morgan fingerprint density at radius 1 is 1.05 bits per heavy atom. The molecular formula is C16H22N4. The van der Waals surface area contributed by atoms with Crippen LogP contribution in [0, 0.1) is 0 Å². The van der Waals surface area contributed by atoms with E-state index >= 15 is 0 Å². The maximum absolute atomic E-state index is 4.55. The molecule has 0 amide bonds. The zero-order chi connectivity index (χ0) is 14.2. The minimum atomic E-state index is 0.699. The van der Waals surface area contributed by atoms with Crippen LogP contribution in [0.25, 0.3) is 0 Å².